The molecule has 4 aliphatic heterocycles. The largest absolute Gasteiger partial charge is 0.379 e. The Morgan fingerprint density at radius 2 is 1.08 bits per heavy atom. The van der Waals surface area contributed by atoms with Gasteiger partial charge in [0.2, 0.25) is 0 Å². The third kappa shape index (κ3) is 14.8. The van der Waals surface area contributed by atoms with Crippen molar-refractivity contribution in [1.82, 2.24) is 5.32 Å². The van der Waals surface area contributed by atoms with Crippen LogP contribution in [0.2, 0.25) is 0 Å². The molecule has 1 amide bonds. The van der Waals surface area contributed by atoms with Crippen molar-refractivity contribution in [2.24, 2.45) is 27.6 Å². The number of hydrogen-bond acceptors (Lipinski definition) is 12. The number of amidine groups is 2. The Hall–Kier alpha value is -8.25. The maximum atomic E-state index is 15.3. The van der Waals surface area contributed by atoms with Crippen molar-refractivity contribution >= 4 is 39.8 Å². The second-order valence-corrected chi connectivity index (χ2v) is 19.8. The minimum Gasteiger partial charge on any atom is -0.379 e. The van der Waals surface area contributed by atoms with E-state index in [4.69, 9.17) is 42.5 Å². The van der Waals surface area contributed by atoms with Crippen molar-refractivity contribution < 1.29 is 41.3 Å². The predicted molar refractivity (Wildman–Crippen MR) is 292 cm³/mol. The first-order chi connectivity index (χ1) is 37.9. The summed E-state index contributed by atoms with van der Waals surface area (Å²) in [5.74, 6) is 15.5. The third-order valence-corrected chi connectivity index (χ3v) is 14.8. The van der Waals surface area contributed by atoms with Crippen LogP contribution in [0.5, 0.6) is 0 Å². The van der Waals surface area contributed by atoms with Crippen molar-refractivity contribution in [3.05, 3.63) is 177 Å². The van der Waals surface area contributed by atoms with Crippen molar-refractivity contribution in [1.29, 1.82) is 10.5 Å². The molecule has 4 heterocycles. The molecule has 0 radical (unpaired) electrons. The molecule has 0 bridgehead atoms. The fraction of sp³-hybridized carbons (Fsp3) is 0.262. The van der Waals surface area contributed by atoms with Gasteiger partial charge in [-0.25, -0.2) is 27.5 Å². The number of halogens is 4. The number of fused-ring (bicyclic) bond motifs is 2. The van der Waals surface area contributed by atoms with Crippen LogP contribution in [0.25, 0.3) is 0 Å². The molecule has 2 unspecified atom stereocenters. The Kier molecular flexibility index (Phi) is 20.8. The molecule has 9 rings (SSSR count). The minimum absolute atomic E-state index is 0.00425. The van der Waals surface area contributed by atoms with Gasteiger partial charge in [0, 0.05) is 52.2 Å². The highest BCUT2D eigenvalue weighted by atomic mass is 32.2. The van der Waals surface area contributed by atoms with Crippen LogP contribution in [-0.4, -0.2) is 66.4 Å². The van der Waals surface area contributed by atoms with E-state index >= 15 is 4.39 Å². The number of rotatable bonds is 11. The highest BCUT2D eigenvalue weighted by Gasteiger charge is 2.51. The molecule has 2 fully saturated rings. The van der Waals surface area contributed by atoms with Crippen LogP contribution >= 0.6 is 23.5 Å². The standard InChI is InChI=1S/C29H25F2N3O3S.C22H21F2N3O2S.C10H2/c30-25-13-26(31)24(11-21(25)14-32)29-18-37-23(16-36-15-19-7-3-1-4-8-19)12-22(29)17-38-28(34-29)33-27(35)20-9-5-2-6-10-20;23-19-8-20(24)18(6-15(19)9-25)22-13-29-17(7-16(22)12-30-21(26)27-22)11-28-10-14-4-2-1-3-5-14;1-3-5-7-9-10-8-6-4-2/h1-11,13,22-23H,12,15-18H2,(H,33,34,35);1-6,8,16-17H,7,10-13H2,(H2,26,27);1-2H/t22-,23?,29-;16-,17?,22-;/m00./s1. The fourth-order valence-corrected chi connectivity index (χ4v) is 11.2. The number of thioether (sulfide) groups is 2. The van der Waals surface area contributed by atoms with Crippen molar-refractivity contribution in [2.75, 3.05) is 37.9 Å². The predicted octanol–water partition coefficient (Wildman–Crippen LogP) is 9.16. The average Bonchev–Trinajstić information content (AvgIpc) is 3.65. The first-order valence-electron chi connectivity index (χ1n) is 24.2. The Morgan fingerprint density at radius 3 is 1.54 bits per heavy atom. The summed E-state index contributed by atoms with van der Waals surface area (Å²) in [6, 6.07) is 35.8. The van der Waals surface area contributed by atoms with Crippen molar-refractivity contribution in [3.63, 3.8) is 0 Å². The molecule has 5 aromatic rings. The van der Waals surface area contributed by atoms with Crippen LogP contribution in [0.3, 0.4) is 0 Å². The highest BCUT2D eigenvalue weighted by molar-refractivity contribution is 8.14. The summed E-state index contributed by atoms with van der Waals surface area (Å²) in [4.78, 5) is 22.2. The summed E-state index contributed by atoms with van der Waals surface area (Å²) in [6.07, 6.45) is 10.3. The lowest BCUT2D eigenvalue weighted by molar-refractivity contribution is -0.0927. The van der Waals surface area contributed by atoms with E-state index < -0.39 is 34.3 Å². The molecule has 0 aliphatic carbocycles. The van der Waals surface area contributed by atoms with Crippen LogP contribution in [0.15, 0.2) is 125 Å². The zero-order valence-electron chi connectivity index (χ0n) is 41.7. The van der Waals surface area contributed by atoms with Gasteiger partial charge in [-0.15, -0.1) is 12.8 Å². The van der Waals surface area contributed by atoms with Crippen LogP contribution in [0.4, 0.5) is 17.6 Å². The lowest BCUT2D eigenvalue weighted by Crippen LogP contribution is -2.52. The summed E-state index contributed by atoms with van der Waals surface area (Å²) < 4.78 is 82.0. The zero-order valence-corrected chi connectivity index (χ0v) is 43.4. The van der Waals surface area contributed by atoms with Crippen molar-refractivity contribution in [3.8, 4) is 72.3 Å². The number of carbonyl (C=O) groups is 1. The number of hydrogen-bond donors (Lipinski definition) is 2. The minimum atomic E-state index is -1.23. The second kappa shape index (κ2) is 28.2. The highest BCUT2D eigenvalue weighted by Crippen LogP contribution is 2.49. The van der Waals surface area contributed by atoms with Crippen LogP contribution in [0.1, 0.15) is 56.6 Å². The fourth-order valence-electron chi connectivity index (χ4n) is 9.02. The molecule has 0 saturated carbocycles. The zero-order chi connectivity index (χ0) is 55.3. The quantitative estimate of drug-likeness (QED) is 0.0963. The lowest BCUT2D eigenvalue weighted by Gasteiger charge is -2.46. The number of ether oxygens (including phenoxy) is 4. The Labute approximate surface area is 459 Å². The molecule has 4 aliphatic rings. The van der Waals surface area contributed by atoms with Gasteiger partial charge in [-0.05, 0) is 95.6 Å². The van der Waals surface area contributed by atoms with E-state index in [-0.39, 0.29) is 65.4 Å². The average molecular weight is 1090 g/mol. The number of benzene rings is 5. The number of amides is 1. The van der Waals surface area contributed by atoms with Gasteiger partial charge in [0.1, 0.15) is 46.5 Å². The Bertz CT molecular complexity index is 3360. The van der Waals surface area contributed by atoms with Crippen LogP contribution < -0.4 is 11.1 Å². The number of aliphatic imine (C=N–C) groups is 2. The molecule has 3 N–H and O–H groups in total. The van der Waals surface area contributed by atoms with E-state index in [1.54, 1.807) is 36.4 Å². The smallest absolute Gasteiger partial charge is 0.257 e. The number of nitrogens with two attached hydrogens (primary N) is 1. The number of nitrogens with one attached hydrogen (secondary N) is 1. The molecule has 0 spiro atoms. The van der Waals surface area contributed by atoms with E-state index in [0.29, 0.717) is 72.7 Å². The van der Waals surface area contributed by atoms with Gasteiger partial charge in [-0.1, -0.05) is 102 Å². The second-order valence-electron chi connectivity index (χ2n) is 17.8. The normalized spacial score (nSPS) is 21.4. The molecule has 392 valence electrons. The topological polar surface area (TPSA) is 164 Å². The lowest BCUT2D eigenvalue weighted by atomic mass is 9.74. The summed E-state index contributed by atoms with van der Waals surface area (Å²) in [7, 11) is 0. The van der Waals surface area contributed by atoms with Crippen LogP contribution in [-0.2, 0) is 43.2 Å². The third-order valence-electron chi connectivity index (χ3n) is 12.8. The van der Waals surface area contributed by atoms with E-state index in [1.807, 2.05) is 66.7 Å². The van der Waals surface area contributed by atoms with E-state index in [1.165, 1.54) is 35.7 Å². The monoisotopic (exact) mass is 1080 g/mol. The summed E-state index contributed by atoms with van der Waals surface area (Å²) in [6.45, 7) is 1.76. The van der Waals surface area contributed by atoms with Gasteiger partial charge in [-0.2, -0.15) is 10.5 Å². The van der Waals surface area contributed by atoms with Gasteiger partial charge in [-0.3, -0.25) is 4.79 Å². The SMILES string of the molecule is C#CC#CC#CC#CC#C.N#Cc1cc([C@]23COC(COCc4ccccc4)C[C@H]2CSC(N)=N3)c(F)cc1F.N#Cc1cc([C@]23COC(COCc4ccccc4)C[C@H]2CSC(NC(=O)c2ccccc2)=N3)c(F)cc1F. The Balaban J connectivity index is 0.000000196. The van der Waals surface area contributed by atoms with E-state index in [2.05, 4.69) is 57.7 Å². The number of nitrogens with zero attached hydrogens (tertiary/aromatic N) is 4. The maximum Gasteiger partial charge on any atom is 0.257 e. The van der Waals surface area contributed by atoms with Crippen LogP contribution in [0, 0.1) is 118 Å². The van der Waals surface area contributed by atoms with Gasteiger partial charge >= 0.3 is 0 Å². The van der Waals surface area contributed by atoms with Crippen molar-refractivity contribution in [2.45, 2.75) is 49.3 Å². The van der Waals surface area contributed by atoms with Gasteiger partial charge in [0.05, 0.1) is 63.0 Å². The maximum absolute atomic E-state index is 15.3. The molecule has 17 heteroatoms. The first-order valence-corrected chi connectivity index (χ1v) is 26.1. The van der Waals surface area contributed by atoms with Gasteiger partial charge in [0.15, 0.2) is 10.3 Å². The number of carbonyl (C=O) groups excluding carboxylic acids is 1. The molecule has 78 heavy (non-hydrogen) atoms. The summed E-state index contributed by atoms with van der Waals surface area (Å²) >= 11 is 2.78. The van der Waals surface area contributed by atoms with E-state index in [9.17, 15) is 28.5 Å². The molecular formula is C61H48F4N6O5S2. The number of terminal acetylenes is 2. The molecule has 5 aromatic carbocycles. The molecule has 2 saturated heterocycles. The molecule has 11 nitrogen and oxygen atoms in total. The summed E-state index contributed by atoms with van der Waals surface area (Å²) in [5.41, 5.74) is 5.98. The Morgan fingerprint density at radius 1 is 0.641 bits per heavy atom. The first kappa shape index (κ1) is 57.5. The van der Waals surface area contributed by atoms with Gasteiger partial charge < -0.3 is 30.0 Å². The molecule has 0 aromatic heterocycles. The summed E-state index contributed by atoms with van der Waals surface area (Å²) in [5, 5.41) is 22.1. The molecule has 6 atom stereocenters. The van der Waals surface area contributed by atoms with Gasteiger partial charge in [0.25, 0.3) is 5.91 Å². The molecular weight excluding hydrogens is 1040 g/mol. The number of nitriles is 2. The van der Waals surface area contributed by atoms with E-state index in [0.717, 1.165) is 17.2 Å².